The molecule has 0 amide bonds. The van der Waals surface area contributed by atoms with Crippen LogP contribution in [0.2, 0.25) is 0 Å². The first kappa shape index (κ1) is 13.7. The van der Waals surface area contributed by atoms with Crippen LogP contribution in [0.15, 0.2) is 6.07 Å². The van der Waals surface area contributed by atoms with E-state index in [-0.39, 0.29) is 5.78 Å². The van der Waals surface area contributed by atoms with Crippen molar-refractivity contribution in [1.82, 2.24) is 9.47 Å². The molecule has 0 radical (unpaired) electrons. The highest BCUT2D eigenvalue weighted by Crippen LogP contribution is 2.16. The van der Waals surface area contributed by atoms with Crippen LogP contribution in [0.5, 0.6) is 0 Å². The molecule has 0 aliphatic carbocycles. The highest BCUT2D eigenvalue weighted by molar-refractivity contribution is 7.99. The molecule has 0 bridgehead atoms. The summed E-state index contributed by atoms with van der Waals surface area (Å²) in [4.78, 5) is 14.6. The van der Waals surface area contributed by atoms with Crippen LogP contribution in [0.25, 0.3) is 0 Å². The molecule has 4 heteroatoms. The fraction of sp³-hybridized carbons (Fsp3) is 0.643. The van der Waals surface area contributed by atoms with Gasteiger partial charge in [0, 0.05) is 36.3 Å². The Labute approximate surface area is 114 Å². The molecular weight excluding hydrogens is 244 g/mol. The molecule has 0 saturated carbocycles. The van der Waals surface area contributed by atoms with E-state index in [1.165, 1.54) is 12.2 Å². The zero-order valence-electron chi connectivity index (χ0n) is 11.5. The van der Waals surface area contributed by atoms with Gasteiger partial charge in [-0.2, -0.15) is 11.8 Å². The highest BCUT2D eigenvalue weighted by Gasteiger charge is 2.18. The zero-order valence-corrected chi connectivity index (χ0v) is 12.3. The molecule has 3 nitrogen and oxygen atoms in total. The van der Waals surface area contributed by atoms with Gasteiger partial charge in [-0.15, -0.1) is 0 Å². The lowest BCUT2D eigenvalue weighted by molar-refractivity contribution is 0.0935. The second kappa shape index (κ2) is 5.93. The van der Waals surface area contributed by atoms with E-state index in [1.807, 2.05) is 38.7 Å². The van der Waals surface area contributed by atoms with Gasteiger partial charge < -0.3 is 4.57 Å². The van der Waals surface area contributed by atoms with Gasteiger partial charge in [0.2, 0.25) is 0 Å². The zero-order chi connectivity index (χ0) is 13.1. The standard InChI is InChI=1S/C14H22N2OS/c1-11-9-13(12(2)15(11)3)14(17)10-16-5-4-7-18-8-6-16/h9H,4-8,10H2,1-3H3. The van der Waals surface area contributed by atoms with Gasteiger partial charge >= 0.3 is 0 Å². The van der Waals surface area contributed by atoms with Crippen LogP contribution < -0.4 is 0 Å². The number of rotatable bonds is 3. The van der Waals surface area contributed by atoms with Crippen LogP contribution in [-0.4, -0.2) is 46.4 Å². The van der Waals surface area contributed by atoms with Gasteiger partial charge in [-0.1, -0.05) is 0 Å². The average molecular weight is 266 g/mol. The second-order valence-corrected chi connectivity index (χ2v) is 6.23. The van der Waals surface area contributed by atoms with Crippen LogP contribution in [0.3, 0.4) is 0 Å². The van der Waals surface area contributed by atoms with Crippen LogP contribution in [0, 0.1) is 13.8 Å². The molecular formula is C14H22N2OS. The monoisotopic (exact) mass is 266 g/mol. The van der Waals surface area contributed by atoms with Crippen LogP contribution in [-0.2, 0) is 7.05 Å². The van der Waals surface area contributed by atoms with E-state index in [2.05, 4.69) is 9.47 Å². The molecule has 1 aliphatic rings. The summed E-state index contributed by atoms with van der Waals surface area (Å²) in [6.07, 6.45) is 1.20. The van der Waals surface area contributed by atoms with Gasteiger partial charge in [0.15, 0.2) is 5.78 Å². The SMILES string of the molecule is Cc1cc(C(=O)CN2CCCSCC2)c(C)n1C. The van der Waals surface area contributed by atoms with E-state index in [0.717, 1.165) is 35.8 Å². The van der Waals surface area contributed by atoms with E-state index >= 15 is 0 Å². The van der Waals surface area contributed by atoms with Crippen LogP contribution >= 0.6 is 11.8 Å². The van der Waals surface area contributed by atoms with Crippen molar-refractivity contribution in [2.45, 2.75) is 20.3 Å². The van der Waals surface area contributed by atoms with Crippen molar-refractivity contribution in [2.75, 3.05) is 31.1 Å². The summed E-state index contributed by atoms with van der Waals surface area (Å²) in [5.74, 6) is 2.65. The Balaban J connectivity index is 2.04. The molecule has 1 aromatic heterocycles. The Kier molecular flexibility index (Phi) is 4.51. The van der Waals surface area contributed by atoms with Gasteiger partial charge in [0.05, 0.1) is 6.54 Å². The molecule has 0 N–H and O–H groups in total. The first-order valence-electron chi connectivity index (χ1n) is 6.56. The van der Waals surface area contributed by atoms with Gasteiger partial charge in [-0.05, 0) is 38.6 Å². The summed E-state index contributed by atoms with van der Waals surface area (Å²) in [6.45, 7) is 6.75. The summed E-state index contributed by atoms with van der Waals surface area (Å²) in [7, 11) is 2.02. The third kappa shape index (κ3) is 2.98. The molecule has 2 rings (SSSR count). The number of thioether (sulfide) groups is 1. The largest absolute Gasteiger partial charge is 0.351 e. The van der Waals surface area contributed by atoms with Gasteiger partial charge in [0.25, 0.3) is 0 Å². The molecule has 1 aliphatic heterocycles. The maximum Gasteiger partial charge on any atom is 0.178 e. The lowest BCUT2D eigenvalue weighted by Gasteiger charge is -2.18. The Morgan fingerprint density at radius 2 is 2.11 bits per heavy atom. The number of carbonyl (C=O) groups is 1. The van der Waals surface area contributed by atoms with E-state index in [4.69, 9.17) is 0 Å². The molecule has 0 aromatic carbocycles. The first-order valence-corrected chi connectivity index (χ1v) is 7.71. The molecule has 0 spiro atoms. The number of nitrogens with zero attached hydrogens (tertiary/aromatic N) is 2. The van der Waals surface area contributed by atoms with Gasteiger partial charge in [0.1, 0.15) is 0 Å². The third-order valence-corrected chi connectivity index (χ3v) is 4.81. The molecule has 1 fully saturated rings. The summed E-state index contributed by atoms with van der Waals surface area (Å²) in [6, 6.07) is 2.02. The van der Waals surface area contributed by atoms with Crippen molar-refractivity contribution in [3.05, 3.63) is 23.0 Å². The van der Waals surface area contributed by atoms with Crippen molar-refractivity contribution in [1.29, 1.82) is 0 Å². The van der Waals surface area contributed by atoms with Crippen molar-refractivity contribution >= 4 is 17.5 Å². The molecule has 0 unspecified atom stereocenters. The van der Waals surface area contributed by atoms with Crippen molar-refractivity contribution in [3.63, 3.8) is 0 Å². The van der Waals surface area contributed by atoms with E-state index < -0.39 is 0 Å². The number of carbonyl (C=O) groups excluding carboxylic acids is 1. The van der Waals surface area contributed by atoms with Crippen LogP contribution in [0.1, 0.15) is 28.2 Å². The minimum Gasteiger partial charge on any atom is -0.351 e. The number of Topliss-reactive ketones (excluding diaryl/α,β-unsaturated/α-hetero) is 1. The predicted octanol–water partition coefficient (Wildman–Crippen LogP) is 2.26. The Morgan fingerprint density at radius 3 is 2.78 bits per heavy atom. The lowest BCUT2D eigenvalue weighted by atomic mass is 10.1. The quantitative estimate of drug-likeness (QED) is 0.785. The van der Waals surface area contributed by atoms with Crippen LogP contribution in [0.4, 0.5) is 0 Å². The summed E-state index contributed by atoms with van der Waals surface area (Å²) < 4.78 is 2.09. The maximum absolute atomic E-state index is 12.3. The minimum absolute atomic E-state index is 0.267. The lowest BCUT2D eigenvalue weighted by Crippen LogP contribution is -2.32. The summed E-state index contributed by atoms with van der Waals surface area (Å²) in [5.41, 5.74) is 3.14. The summed E-state index contributed by atoms with van der Waals surface area (Å²) >= 11 is 2.00. The van der Waals surface area contributed by atoms with E-state index in [1.54, 1.807) is 0 Å². The number of aryl methyl sites for hydroxylation is 1. The second-order valence-electron chi connectivity index (χ2n) is 5.01. The Hall–Kier alpha value is -0.740. The minimum atomic E-state index is 0.267. The molecule has 100 valence electrons. The number of hydrogen-bond donors (Lipinski definition) is 0. The predicted molar refractivity (Wildman–Crippen MR) is 77.6 cm³/mol. The van der Waals surface area contributed by atoms with Gasteiger partial charge in [-0.25, -0.2) is 0 Å². The number of hydrogen-bond acceptors (Lipinski definition) is 3. The Morgan fingerprint density at radius 1 is 1.33 bits per heavy atom. The fourth-order valence-corrected chi connectivity index (χ4v) is 3.31. The topological polar surface area (TPSA) is 25.2 Å². The maximum atomic E-state index is 12.3. The Bertz CT molecular complexity index is 431. The van der Waals surface area contributed by atoms with Gasteiger partial charge in [-0.3, -0.25) is 9.69 Å². The van der Waals surface area contributed by atoms with E-state index in [0.29, 0.717) is 6.54 Å². The number of ketones is 1. The van der Waals surface area contributed by atoms with Crippen molar-refractivity contribution < 1.29 is 4.79 Å². The fourth-order valence-electron chi connectivity index (χ4n) is 2.38. The number of aromatic nitrogens is 1. The molecule has 0 atom stereocenters. The first-order chi connectivity index (χ1) is 8.59. The third-order valence-electron chi connectivity index (χ3n) is 3.76. The normalized spacial score (nSPS) is 17.7. The smallest absolute Gasteiger partial charge is 0.178 e. The molecule has 2 heterocycles. The van der Waals surface area contributed by atoms with Crippen molar-refractivity contribution in [3.8, 4) is 0 Å². The average Bonchev–Trinajstić information content (AvgIpc) is 2.57. The molecule has 1 aromatic rings. The molecule has 18 heavy (non-hydrogen) atoms. The van der Waals surface area contributed by atoms with Crippen molar-refractivity contribution in [2.24, 2.45) is 7.05 Å². The highest BCUT2D eigenvalue weighted by atomic mass is 32.2. The molecule has 1 saturated heterocycles. The van der Waals surface area contributed by atoms with E-state index in [9.17, 15) is 4.79 Å². The summed E-state index contributed by atoms with van der Waals surface area (Å²) in [5, 5.41) is 0.